The summed E-state index contributed by atoms with van der Waals surface area (Å²) in [6.45, 7) is 1.74. The maximum atomic E-state index is 12.2. The van der Waals surface area contributed by atoms with Gasteiger partial charge in [-0.25, -0.2) is 4.98 Å². The van der Waals surface area contributed by atoms with Crippen molar-refractivity contribution in [1.82, 2.24) is 9.55 Å². The monoisotopic (exact) mass is 241 g/mol. The van der Waals surface area contributed by atoms with Crippen LogP contribution in [0.4, 0.5) is 5.69 Å². The lowest BCUT2D eigenvalue weighted by Gasteiger charge is -2.03. The maximum Gasteiger partial charge on any atom is 0.318 e. The fraction of sp³-hybridized carbons (Fsp3) is 0.0769. The predicted octanol–water partition coefficient (Wildman–Crippen LogP) is 2.21. The summed E-state index contributed by atoms with van der Waals surface area (Å²) in [4.78, 5) is 16.2. The summed E-state index contributed by atoms with van der Waals surface area (Å²) in [7, 11) is 0. The third kappa shape index (κ3) is 1.48. The number of hydrogen-bond donors (Lipinski definition) is 1. The Balaban J connectivity index is 2.18. The molecule has 3 aromatic rings. The van der Waals surface area contributed by atoms with E-state index in [-0.39, 0.29) is 11.8 Å². The predicted molar refractivity (Wildman–Crippen MR) is 67.3 cm³/mol. The molecule has 90 valence electrons. The van der Waals surface area contributed by atoms with Gasteiger partial charge in [0.1, 0.15) is 5.76 Å². The number of benzene rings is 1. The Bertz CT molecular complexity index is 740. The molecule has 2 heterocycles. The van der Waals surface area contributed by atoms with E-state index >= 15 is 0 Å². The molecule has 2 aromatic heterocycles. The van der Waals surface area contributed by atoms with Crippen molar-refractivity contribution in [2.24, 2.45) is 0 Å². The minimum atomic E-state index is -0.323. The third-order valence-electron chi connectivity index (χ3n) is 2.77. The van der Waals surface area contributed by atoms with Gasteiger partial charge >= 0.3 is 5.91 Å². The van der Waals surface area contributed by atoms with E-state index in [1.54, 1.807) is 19.2 Å². The van der Waals surface area contributed by atoms with Gasteiger partial charge < -0.3 is 10.2 Å². The number of oxazole rings is 1. The summed E-state index contributed by atoms with van der Waals surface area (Å²) in [5, 5.41) is 0.909. The second-order valence-corrected chi connectivity index (χ2v) is 4.05. The summed E-state index contributed by atoms with van der Waals surface area (Å²) >= 11 is 0. The fourth-order valence-electron chi connectivity index (χ4n) is 1.95. The average Bonchev–Trinajstić information content (AvgIpc) is 2.95. The minimum Gasteiger partial charge on any atom is -0.438 e. The topological polar surface area (TPSA) is 74.0 Å². The Morgan fingerprint density at radius 3 is 2.94 bits per heavy atom. The van der Waals surface area contributed by atoms with E-state index in [9.17, 15) is 4.79 Å². The molecule has 0 fully saturated rings. The Hall–Kier alpha value is -2.56. The molecule has 0 spiro atoms. The zero-order valence-electron chi connectivity index (χ0n) is 9.75. The van der Waals surface area contributed by atoms with E-state index in [2.05, 4.69) is 4.98 Å². The number of nitrogens with two attached hydrogens (primary N) is 1. The highest BCUT2D eigenvalue weighted by molar-refractivity contribution is 6.03. The molecule has 3 rings (SSSR count). The van der Waals surface area contributed by atoms with Crippen LogP contribution in [0.5, 0.6) is 0 Å². The number of carbonyl (C=O) groups excluding carboxylic acids is 1. The molecule has 0 unspecified atom stereocenters. The first-order chi connectivity index (χ1) is 8.66. The molecule has 0 aliphatic rings. The van der Waals surface area contributed by atoms with Crippen molar-refractivity contribution < 1.29 is 9.21 Å². The highest BCUT2D eigenvalue weighted by atomic mass is 16.4. The quantitative estimate of drug-likeness (QED) is 0.663. The second kappa shape index (κ2) is 3.73. The van der Waals surface area contributed by atoms with Gasteiger partial charge in [-0.2, -0.15) is 0 Å². The lowest BCUT2D eigenvalue weighted by molar-refractivity contribution is 0.0929. The van der Waals surface area contributed by atoms with Crippen LogP contribution in [0.2, 0.25) is 0 Å². The number of carbonyl (C=O) groups is 1. The number of rotatable bonds is 1. The molecule has 5 heteroatoms. The first kappa shape index (κ1) is 10.6. The molecular weight excluding hydrogens is 230 g/mol. The zero-order valence-corrected chi connectivity index (χ0v) is 9.75. The zero-order chi connectivity index (χ0) is 12.7. The number of fused-ring (bicyclic) bond motifs is 1. The van der Waals surface area contributed by atoms with E-state index < -0.39 is 0 Å². The van der Waals surface area contributed by atoms with E-state index in [1.165, 1.54) is 10.8 Å². The van der Waals surface area contributed by atoms with Crippen molar-refractivity contribution in [2.75, 3.05) is 5.73 Å². The molecule has 0 saturated carbocycles. The van der Waals surface area contributed by atoms with Crippen LogP contribution in [0.3, 0.4) is 0 Å². The Labute approximate surface area is 103 Å². The standard InChI is InChI=1S/C13H11N3O2/c1-8-7-15-12(18-8)13(17)16-6-5-9-3-2-4-10(14)11(9)16/h2-7H,14H2,1H3. The molecule has 0 bridgehead atoms. The van der Waals surface area contributed by atoms with Crippen LogP contribution in [0.25, 0.3) is 10.9 Å². The lowest BCUT2D eigenvalue weighted by Crippen LogP contribution is -2.11. The molecule has 5 nitrogen and oxygen atoms in total. The molecule has 1 aromatic carbocycles. The molecule has 0 atom stereocenters. The molecule has 2 N–H and O–H groups in total. The number of aromatic nitrogens is 2. The fourth-order valence-corrected chi connectivity index (χ4v) is 1.95. The van der Waals surface area contributed by atoms with Crippen molar-refractivity contribution >= 4 is 22.5 Å². The normalized spacial score (nSPS) is 10.9. The molecular formula is C13H11N3O2. The summed E-state index contributed by atoms with van der Waals surface area (Å²) < 4.78 is 6.69. The Kier molecular flexibility index (Phi) is 2.19. The van der Waals surface area contributed by atoms with Gasteiger partial charge in [-0.1, -0.05) is 12.1 Å². The summed E-state index contributed by atoms with van der Waals surface area (Å²) in [6.07, 6.45) is 3.19. The SMILES string of the molecule is Cc1cnc(C(=O)n2ccc3cccc(N)c32)o1. The van der Waals surface area contributed by atoms with Crippen LogP contribution in [0, 0.1) is 6.92 Å². The summed E-state index contributed by atoms with van der Waals surface area (Å²) in [5.74, 6) is 0.340. The van der Waals surface area contributed by atoms with E-state index in [0.29, 0.717) is 17.0 Å². The van der Waals surface area contributed by atoms with Gasteiger partial charge in [-0.05, 0) is 19.1 Å². The van der Waals surface area contributed by atoms with Gasteiger partial charge in [0.05, 0.1) is 17.4 Å². The van der Waals surface area contributed by atoms with Gasteiger partial charge in [0.15, 0.2) is 0 Å². The maximum absolute atomic E-state index is 12.2. The first-order valence-corrected chi connectivity index (χ1v) is 5.49. The van der Waals surface area contributed by atoms with Crippen molar-refractivity contribution in [2.45, 2.75) is 6.92 Å². The molecule has 0 amide bonds. The van der Waals surface area contributed by atoms with E-state index in [1.807, 2.05) is 18.2 Å². The third-order valence-corrected chi connectivity index (χ3v) is 2.77. The average molecular weight is 241 g/mol. The van der Waals surface area contributed by atoms with Crippen LogP contribution < -0.4 is 5.73 Å². The van der Waals surface area contributed by atoms with Crippen molar-refractivity contribution in [3.8, 4) is 0 Å². The van der Waals surface area contributed by atoms with E-state index in [4.69, 9.17) is 10.2 Å². The Morgan fingerprint density at radius 1 is 1.39 bits per heavy atom. The number of para-hydroxylation sites is 1. The number of nitrogen functional groups attached to an aromatic ring is 1. The number of hydrogen-bond acceptors (Lipinski definition) is 4. The smallest absolute Gasteiger partial charge is 0.318 e. The van der Waals surface area contributed by atoms with Crippen LogP contribution in [-0.4, -0.2) is 15.5 Å². The number of aryl methyl sites for hydroxylation is 1. The largest absolute Gasteiger partial charge is 0.438 e. The minimum absolute atomic E-state index is 0.0632. The van der Waals surface area contributed by atoms with Crippen LogP contribution in [0.15, 0.2) is 41.1 Å². The van der Waals surface area contributed by atoms with Gasteiger partial charge in [-0.15, -0.1) is 0 Å². The number of nitrogens with zero attached hydrogens (tertiary/aromatic N) is 2. The van der Waals surface area contributed by atoms with Crippen LogP contribution in [0.1, 0.15) is 16.4 Å². The summed E-state index contributed by atoms with van der Waals surface area (Å²) in [6, 6.07) is 7.34. The van der Waals surface area contributed by atoms with Crippen molar-refractivity contribution in [3.05, 3.63) is 48.3 Å². The van der Waals surface area contributed by atoms with Gasteiger partial charge in [0.2, 0.25) is 0 Å². The second-order valence-electron chi connectivity index (χ2n) is 4.05. The van der Waals surface area contributed by atoms with Gasteiger partial charge in [0.25, 0.3) is 5.89 Å². The van der Waals surface area contributed by atoms with Crippen LogP contribution in [-0.2, 0) is 0 Å². The van der Waals surface area contributed by atoms with Gasteiger partial charge in [-0.3, -0.25) is 9.36 Å². The lowest BCUT2D eigenvalue weighted by atomic mass is 10.2. The molecule has 0 saturated heterocycles. The Morgan fingerprint density at radius 2 is 2.22 bits per heavy atom. The molecule has 0 aliphatic heterocycles. The van der Waals surface area contributed by atoms with Crippen molar-refractivity contribution in [1.29, 1.82) is 0 Å². The summed E-state index contributed by atoms with van der Waals surface area (Å²) in [5.41, 5.74) is 7.13. The number of anilines is 1. The van der Waals surface area contributed by atoms with Crippen molar-refractivity contribution in [3.63, 3.8) is 0 Å². The highest BCUT2D eigenvalue weighted by Crippen LogP contribution is 2.22. The molecule has 0 radical (unpaired) electrons. The first-order valence-electron chi connectivity index (χ1n) is 5.49. The van der Waals surface area contributed by atoms with E-state index in [0.717, 1.165) is 5.39 Å². The highest BCUT2D eigenvalue weighted by Gasteiger charge is 2.17. The molecule has 0 aliphatic carbocycles. The van der Waals surface area contributed by atoms with Gasteiger partial charge in [0, 0.05) is 11.6 Å². The van der Waals surface area contributed by atoms with Crippen LogP contribution >= 0.6 is 0 Å². The molecule has 18 heavy (non-hydrogen) atoms.